The predicted molar refractivity (Wildman–Crippen MR) is 48.4 cm³/mol. The number of para-hydroxylation sites is 1. The molecule has 11 heavy (non-hydrogen) atoms. The van der Waals surface area contributed by atoms with Crippen LogP contribution in [0.15, 0.2) is 30.3 Å². The van der Waals surface area contributed by atoms with Gasteiger partial charge in [-0.25, -0.2) is 0 Å². The SMILES string of the molecule is OB(O)Oc1ccccc1.P. The predicted octanol–water partition coefficient (Wildman–Crippen LogP) is 0.0930. The van der Waals surface area contributed by atoms with Crippen LogP contribution in [-0.2, 0) is 0 Å². The molecule has 1 aromatic rings. The molecule has 1 aromatic carbocycles. The molecule has 1 rings (SSSR count). The Morgan fingerprint density at radius 2 is 1.64 bits per heavy atom. The molecule has 0 bridgehead atoms. The van der Waals surface area contributed by atoms with Crippen molar-refractivity contribution in [3.63, 3.8) is 0 Å². The van der Waals surface area contributed by atoms with Gasteiger partial charge in [0.05, 0.1) is 0 Å². The van der Waals surface area contributed by atoms with E-state index in [-0.39, 0.29) is 9.90 Å². The van der Waals surface area contributed by atoms with Gasteiger partial charge in [0, 0.05) is 0 Å². The molecular formula is C6H10BO3P. The number of rotatable bonds is 2. The minimum atomic E-state index is -1.73. The molecule has 0 radical (unpaired) electrons. The summed E-state index contributed by atoms with van der Waals surface area (Å²) in [6, 6.07) is 8.59. The second-order valence-corrected chi connectivity index (χ2v) is 1.76. The van der Waals surface area contributed by atoms with E-state index >= 15 is 0 Å². The first kappa shape index (κ1) is 10.4. The van der Waals surface area contributed by atoms with E-state index in [1.807, 2.05) is 6.07 Å². The molecule has 0 amide bonds. The van der Waals surface area contributed by atoms with Crippen molar-refractivity contribution in [2.24, 2.45) is 0 Å². The molecule has 1 unspecified atom stereocenters. The summed E-state index contributed by atoms with van der Waals surface area (Å²) in [5.74, 6) is 0.442. The Morgan fingerprint density at radius 1 is 1.09 bits per heavy atom. The van der Waals surface area contributed by atoms with E-state index in [0.717, 1.165) is 0 Å². The van der Waals surface area contributed by atoms with Crippen LogP contribution >= 0.6 is 9.90 Å². The fourth-order valence-corrected chi connectivity index (χ4v) is 0.621. The first-order chi connectivity index (χ1) is 4.79. The van der Waals surface area contributed by atoms with E-state index in [9.17, 15) is 0 Å². The lowest BCUT2D eigenvalue weighted by molar-refractivity contribution is 0.288. The Kier molecular flexibility index (Phi) is 4.87. The van der Waals surface area contributed by atoms with Crippen molar-refractivity contribution in [2.75, 3.05) is 0 Å². The average Bonchev–Trinajstić information content (AvgIpc) is 1.88. The zero-order chi connectivity index (χ0) is 7.40. The Hall–Kier alpha value is -0.565. The lowest BCUT2D eigenvalue weighted by Crippen LogP contribution is -2.20. The van der Waals surface area contributed by atoms with Crippen molar-refractivity contribution in [1.29, 1.82) is 0 Å². The van der Waals surface area contributed by atoms with Crippen LogP contribution in [0, 0.1) is 0 Å². The third kappa shape index (κ3) is 3.99. The summed E-state index contributed by atoms with van der Waals surface area (Å²) in [5.41, 5.74) is 0. The van der Waals surface area contributed by atoms with Gasteiger partial charge in [-0.15, -0.1) is 0 Å². The Balaban J connectivity index is 0.000001000. The minimum absolute atomic E-state index is 0. The highest BCUT2D eigenvalue weighted by molar-refractivity contribution is 6.92. The smallest absolute Gasteiger partial charge is 0.512 e. The monoisotopic (exact) mass is 172 g/mol. The second kappa shape index (κ2) is 5.13. The summed E-state index contributed by atoms with van der Waals surface area (Å²) >= 11 is 0. The molecule has 0 saturated heterocycles. The first-order valence-corrected chi connectivity index (χ1v) is 2.87. The van der Waals surface area contributed by atoms with Crippen molar-refractivity contribution in [3.05, 3.63) is 30.3 Å². The van der Waals surface area contributed by atoms with Crippen LogP contribution < -0.4 is 4.65 Å². The van der Waals surface area contributed by atoms with Crippen molar-refractivity contribution >= 4 is 17.2 Å². The van der Waals surface area contributed by atoms with Crippen LogP contribution in [0.3, 0.4) is 0 Å². The Morgan fingerprint density at radius 3 is 2.09 bits per heavy atom. The van der Waals surface area contributed by atoms with Gasteiger partial charge in [0.1, 0.15) is 5.75 Å². The summed E-state index contributed by atoms with van der Waals surface area (Å²) in [6.07, 6.45) is 0. The summed E-state index contributed by atoms with van der Waals surface area (Å²) < 4.78 is 4.53. The molecule has 60 valence electrons. The molecule has 0 aliphatic rings. The quantitative estimate of drug-likeness (QED) is 0.491. The maximum Gasteiger partial charge on any atom is 0.707 e. The van der Waals surface area contributed by atoms with Gasteiger partial charge in [-0.1, -0.05) is 18.2 Å². The topological polar surface area (TPSA) is 49.7 Å². The van der Waals surface area contributed by atoms with Crippen LogP contribution in [0.25, 0.3) is 0 Å². The number of hydrogen-bond acceptors (Lipinski definition) is 3. The van der Waals surface area contributed by atoms with Crippen molar-refractivity contribution in [3.8, 4) is 5.75 Å². The molecule has 0 aliphatic heterocycles. The van der Waals surface area contributed by atoms with Crippen LogP contribution in [0.4, 0.5) is 0 Å². The molecule has 0 saturated carbocycles. The maximum absolute atomic E-state index is 8.34. The highest BCUT2D eigenvalue weighted by Crippen LogP contribution is 2.07. The lowest BCUT2D eigenvalue weighted by atomic mass is 10.2. The number of benzene rings is 1. The third-order valence-corrected chi connectivity index (χ3v) is 0.985. The Bertz CT molecular complexity index is 192. The van der Waals surface area contributed by atoms with Gasteiger partial charge >= 0.3 is 7.32 Å². The second-order valence-electron chi connectivity index (χ2n) is 1.76. The van der Waals surface area contributed by atoms with Gasteiger partial charge in [0.25, 0.3) is 0 Å². The van der Waals surface area contributed by atoms with Crippen LogP contribution in [0.1, 0.15) is 0 Å². The van der Waals surface area contributed by atoms with Gasteiger partial charge in [0.15, 0.2) is 0 Å². The van der Waals surface area contributed by atoms with E-state index in [0.29, 0.717) is 5.75 Å². The van der Waals surface area contributed by atoms with E-state index in [4.69, 9.17) is 10.0 Å². The summed E-state index contributed by atoms with van der Waals surface area (Å²) in [5, 5.41) is 16.7. The van der Waals surface area contributed by atoms with Gasteiger partial charge in [-0.3, -0.25) is 0 Å². The highest BCUT2D eigenvalue weighted by Gasteiger charge is 2.09. The normalized spacial score (nSPS) is 8.18. The molecule has 0 spiro atoms. The highest BCUT2D eigenvalue weighted by atomic mass is 31.0. The third-order valence-electron chi connectivity index (χ3n) is 0.985. The minimum Gasteiger partial charge on any atom is -0.512 e. The summed E-state index contributed by atoms with van der Waals surface area (Å²) in [7, 11) is -1.73. The van der Waals surface area contributed by atoms with Gasteiger partial charge in [-0.05, 0) is 12.1 Å². The van der Waals surface area contributed by atoms with E-state index < -0.39 is 7.32 Å². The molecule has 5 heteroatoms. The van der Waals surface area contributed by atoms with Crippen molar-refractivity contribution in [2.45, 2.75) is 0 Å². The Labute approximate surface area is 68.8 Å². The molecule has 0 fully saturated rings. The van der Waals surface area contributed by atoms with Gasteiger partial charge in [-0.2, -0.15) is 9.90 Å². The van der Waals surface area contributed by atoms with E-state index in [1.165, 1.54) is 0 Å². The van der Waals surface area contributed by atoms with E-state index in [2.05, 4.69) is 4.65 Å². The zero-order valence-corrected chi connectivity index (χ0v) is 7.39. The standard InChI is InChI=1S/C6H7BO3.H3P/c8-7(9)10-6-4-2-1-3-5-6;/h1-5,8-9H;1H3. The molecule has 3 nitrogen and oxygen atoms in total. The van der Waals surface area contributed by atoms with Crippen LogP contribution in [0.2, 0.25) is 0 Å². The summed E-state index contributed by atoms with van der Waals surface area (Å²) in [6.45, 7) is 0. The maximum atomic E-state index is 8.34. The molecule has 0 aliphatic carbocycles. The van der Waals surface area contributed by atoms with Crippen LogP contribution in [0.5, 0.6) is 5.75 Å². The van der Waals surface area contributed by atoms with Crippen molar-refractivity contribution in [1.82, 2.24) is 0 Å². The molecular weight excluding hydrogens is 162 g/mol. The van der Waals surface area contributed by atoms with Gasteiger partial charge < -0.3 is 14.7 Å². The largest absolute Gasteiger partial charge is 0.707 e. The number of hydrogen-bond donors (Lipinski definition) is 2. The fourth-order valence-electron chi connectivity index (χ4n) is 0.621. The summed E-state index contributed by atoms with van der Waals surface area (Å²) in [4.78, 5) is 0. The molecule has 1 atom stereocenters. The average molecular weight is 172 g/mol. The molecule has 2 N–H and O–H groups in total. The van der Waals surface area contributed by atoms with E-state index in [1.54, 1.807) is 24.3 Å². The molecule has 0 heterocycles. The first-order valence-electron chi connectivity index (χ1n) is 2.87. The van der Waals surface area contributed by atoms with Crippen molar-refractivity contribution < 1.29 is 14.7 Å². The zero-order valence-electron chi connectivity index (χ0n) is 5.97. The lowest BCUT2D eigenvalue weighted by Gasteiger charge is -2.01. The van der Waals surface area contributed by atoms with Gasteiger partial charge in [0.2, 0.25) is 0 Å². The fraction of sp³-hybridized carbons (Fsp3) is 0. The molecule has 0 aromatic heterocycles. The van der Waals surface area contributed by atoms with Crippen LogP contribution in [-0.4, -0.2) is 17.4 Å².